The van der Waals surface area contributed by atoms with Crippen molar-refractivity contribution in [2.45, 2.75) is 39.3 Å². The molecule has 1 atom stereocenters. The van der Waals surface area contributed by atoms with Gasteiger partial charge in [-0.1, -0.05) is 44.2 Å². The van der Waals surface area contributed by atoms with Gasteiger partial charge in [0.05, 0.1) is 6.04 Å². The molecule has 0 radical (unpaired) electrons. The van der Waals surface area contributed by atoms with Gasteiger partial charge in [0.1, 0.15) is 0 Å². The molecule has 0 aliphatic carbocycles. The Bertz CT molecular complexity index is 496. The minimum Gasteiger partial charge on any atom is -0.344 e. The van der Waals surface area contributed by atoms with E-state index in [0.717, 1.165) is 25.9 Å². The Morgan fingerprint density at radius 3 is 2.50 bits per heavy atom. The van der Waals surface area contributed by atoms with Crippen LogP contribution in [0.25, 0.3) is 0 Å². The van der Waals surface area contributed by atoms with Gasteiger partial charge in [0.15, 0.2) is 0 Å². The third kappa shape index (κ3) is 6.25. The summed E-state index contributed by atoms with van der Waals surface area (Å²) in [5.41, 5.74) is 7.03. The average molecular weight is 376 g/mol. The van der Waals surface area contributed by atoms with Crippen molar-refractivity contribution in [3.63, 3.8) is 0 Å². The number of likely N-dealkylation sites (tertiary alicyclic amines) is 1. The quantitative estimate of drug-likeness (QED) is 0.831. The molecular weight excluding hydrogens is 345 g/mol. The second-order valence-corrected chi connectivity index (χ2v) is 7.18. The van der Waals surface area contributed by atoms with Crippen LogP contribution in [0.1, 0.15) is 32.3 Å². The number of rotatable bonds is 6. The highest BCUT2D eigenvalue weighted by Crippen LogP contribution is 2.23. The van der Waals surface area contributed by atoms with Crippen LogP contribution in [-0.2, 0) is 11.3 Å². The van der Waals surface area contributed by atoms with Gasteiger partial charge in [-0.15, -0.1) is 24.8 Å². The maximum absolute atomic E-state index is 12.8. The molecule has 1 amide bonds. The van der Waals surface area contributed by atoms with E-state index in [4.69, 9.17) is 5.73 Å². The highest BCUT2D eigenvalue weighted by molar-refractivity contribution is 5.85. The van der Waals surface area contributed by atoms with E-state index in [1.54, 1.807) is 0 Å². The van der Waals surface area contributed by atoms with E-state index >= 15 is 0 Å². The second-order valence-electron chi connectivity index (χ2n) is 7.18. The Hall–Kier alpha value is -0.810. The summed E-state index contributed by atoms with van der Waals surface area (Å²) in [5.74, 6) is 0.231. The smallest absolute Gasteiger partial charge is 0.239 e. The Labute approximate surface area is 158 Å². The molecule has 1 saturated heterocycles. The van der Waals surface area contributed by atoms with Crippen LogP contribution in [0.5, 0.6) is 0 Å². The number of carbonyl (C=O) groups excluding carboxylic acids is 1. The van der Waals surface area contributed by atoms with Crippen molar-refractivity contribution in [2.24, 2.45) is 11.1 Å². The van der Waals surface area contributed by atoms with Gasteiger partial charge < -0.3 is 10.6 Å². The van der Waals surface area contributed by atoms with Gasteiger partial charge >= 0.3 is 0 Å². The van der Waals surface area contributed by atoms with E-state index < -0.39 is 0 Å². The van der Waals surface area contributed by atoms with Crippen molar-refractivity contribution in [2.75, 3.05) is 26.7 Å². The van der Waals surface area contributed by atoms with Crippen molar-refractivity contribution < 1.29 is 4.79 Å². The maximum Gasteiger partial charge on any atom is 0.239 e. The summed E-state index contributed by atoms with van der Waals surface area (Å²) in [6.07, 6.45) is 2.05. The van der Waals surface area contributed by atoms with Crippen LogP contribution in [0.15, 0.2) is 30.3 Å². The van der Waals surface area contributed by atoms with Gasteiger partial charge in [-0.3, -0.25) is 9.69 Å². The lowest BCUT2D eigenvalue weighted by Gasteiger charge is -2.33. The number of nitrogens with two attached hydrogens (primary N) is 1. The first-order valence-corrected chi connectivity index (χ1v) is 8.16. The van der Waals surface area contributed by atoms with Gasteiger partial charge in [-0.25, -0.2) is 0 Å². The molecule has 1 aromatic rings. The maximum atomic E-state index is 12.8. The first-order valence-electron chi connectivity index (χ1n) is 8.16. The minimum atomic E-state index is -0.0345. The van der Waals surface area contributed by atoms with Crippen molar-refractivity contribution in [1.82, 2.24) is 9.80 Å². The molecule has 0 bridgehead atoms. The molecule has 1 heterocycles. The summed E-state index contributed by atoms with van der Waals surface area (Å²) in [5, 5.41) is 0. The van der Waals surface area contributed by atoms with Gasteiger partial charge in [0.25, 0.3) is 0 Å². The van der Waals surface area contributed by atoms with Crippen LogP contribution in [0.3, 0.4) is 0 Å². The zero-order valence-electron chi connectivity index (χ0n) is 14.9. The lowest BCUT2D eigenvalue weighted by atomic mass is 9.93. The molecule has 1 aliphatic rings. The second kappa shape index (κ2) is 10.2. The first-order chi connectivity index (χ1) is 10.4. The number of amides is 1. The molecule has 24 heavy (non-hydrogen) atoms. The largest absolute Gasteiger partial charge is 0.344 e. The summed E-state index contributed by atoms with van der Waals surface area (Å²) in [4.78, 5) is 17.0. The highest BCUT2D eigenvalue weighted by atomic mass is 35.5. The number of nitrogens with zero attached hydrogens (tertiary/aromatic N) is 2. The number of hydrogen-bond acceptors (Lipinski definition) is 3. The predicted octanol–water partition coefficient (Wildman–Crippen LogP) is 2.94. The first kappa shape index (κ1) is 23.2. The van der Waals surface area contributed by atoms with Gasteiger partial charge in [0.2, 0.25) is 5.91 Å². The van der Waals surface area contributed by atoms with E-state index in [2.05, 4.69) is 43.0 Å². The molecule has 1 fully saturated rings. The normalized spacial score (nSPS) is 17.8. The van der Waals surface area contributed by atoms with E-state index in [1.807, 2.05) is 18.0 Å². The van der Waals surface area contributed by atoms with Gasteiger partial charge in [-0.05, 0) is 36.9 Å². The Balaban J connectivity index is 0.00000264. The van der Waals surface area contributed by atoms with Crippen molar-refractivity contribution >= 4 is 30.7 Å². The number of carbonyl (C=O) groups is 1. The van der Waals surface area contributed by atoms with E-state index in [-0.39, 0.29) is 42.2 Å². The average Bonchev–Trinajstić information content (AvgIpc) is 2.95. The summed E-state index contributed by atoms with van der Waals surface area (Å²) in [7, 11) is 1.90. The molecule has 138 valence electrons. The standard InChI is InChI=1S/C18H29N3O.2ClH/c1-18(2,13-19)14-20(3)17(22)16-10-7-11-21(16)12-15-8-5-4-6-9-15;;/h4-6,8-9,16H,7,10-14,19H2,1-3H3;2*1H. The molecule has 1 aromatic carbocycles. The zero-order chi connectivity index (χ0) is 16.2. The summed E-state index contributed by atoms with van der Waals surface area (Å²) in [6, 6.07) is 10.4. The number of likely N-dealkylation sites (N-methyl/N-ethyl adjacent to an activating group) is 1. The SMILES string of the molecule is CN(CC(C)(C)CN)C(=O)C1CCCN1Cc1ccccc1.Cl.Cl. The van der Waals surface area contributed by atoms with Crippen LogP contribution in [-0.4, -0.2) is 48.4 Å². The summed E-state index contributed by atoms with van der Waals surface area (Å²) < 4.78 is 0. The number of hydrogen-bond donors (Lipinski definition) is 1. The molecule has 4 nitrogen and oxygen atoms in total. The molecule has 2 rings (SSSR count). The Kier molecular flexibility index (Phi) is 9.90. The fourth-order valence-electron chi connectivity index (χ4n) is 3.15. The molecule has 1 unspecified atom stereocenters. The topological polar surface area (TPSA) is 49.6 Å². The zero-order valence-corrected chi connectivity index (χ0v) is 16.5. The fourth-order valence-corrected chi connectivity index (χ4v) is 3.15. The molecule has 1 aliphatic heterocycles. The molecular formula is C18H31Cl2N3O. The third-order valence-corrected chi connectivity index (χ3v) is 4.47. The fraction of sp³-hybridized carbons (Fsp3) is 0.611. The molecule has 0 saturated carbocycles. The lowest BCUT2D eigenvalue weighted by Crippen LogP contribution is -2.47. The van der Waals surface area contributed by atoms with Gasteiger partial charge in [-0.2, -0.15) is 0 Å². The summed E-state index contributed by atoms with van der Waals surface area (Å²) >= 11 is 0. The van der Waals surface area contributed by atoms with Crippen LogP contribution in [0.2, 0.25) is 0 Å². The molecule has 6 heteroatoms. The number of halogens is 2. The molecule has 0 aromatic heterocycles. The van der Waals surface area contributed by atoms with Crippen LogP contribution in [0, 0.1) is 5.41 Å². The van der Waals surface area contributed by atoms with Crippen molar-refractivity contribution in [1.29, 1.82) is 0 Å². The molecule has 2 N–H and O–H groups in total. The molecule has 0 spiro atoms. The highest BCUT2D eigenvalue weighted by Gasteiger charge is 2.33. The minimum absolute atomic E-state index is 0. The van der Waals surface area contributed by atoms with Crippen LogP contribution >= 0.6 is 24.8 Å². The van der Waals surface area contributed by atoms with Crippen LogP contribution < -0.4 is 5.73 Å². The Morgan fingerprint density at radius 2 is 1.92 bits per heavy atom. The van der Waals surface area contributed by atoms with Crippen LogP contribution in [0.4, 0.5) is 0 Å². The Morgan fingerprint density at radius 1 is 1.29 bits per heavy atom. The monoisotopic (exact) mass is 375 g/mol. The number of benzene rings is 1. The van der Waals surface area contributed by atoms with E-state index in [9.17, 15) is 4.79 Å². The van der Waals surface area contributed by atoms with Gasteiger partial charge in [0, 0.05) is 20.1 Å². The summed E-state index contributed by atoms with van der Waals surface area (Å²) in [6.45, 7) is 7.35. The van der Waals surface area contributed by atoms with Crippen molar-refractivity contribution in [3.05, 3.63) is 35.9 Å². The lowest BCUT2D eigenvalue weighted by molar-refractivity contribution is -0.136. The van der Waals surface area contributed by atoms with Crippen molar-refractivity contribution in [3.8, 4) is 0 Å². The predicted molar refractivity (Wildman–Crippen MR) is 105 cm³/mol. The van der Waals surface area contributed by atoms with E-state index in [0.29, 0.717) is 13.1 Å². The third-order valence-electron chi connectivity index (χ3n) is 4.47. The van der Waals surface area contributed by atoms with E-state index in [1.165, 1.54) is 5.56 Å².